The highest BCUT2D eigenvalue weighted by Crippen LogP contribution is 2.26. The Kier molecular flexibility index (Phi) is 2.74. The molecule has 3 heterocycles. The fourth-order valence-electron chi connectivity index (χ4n) is 2.89. The lowest BCUT2D eigenvalue weighted by Crippen LogP contribution is -2.12. The lowest BCUT2D eigenvalue weighted by atomic mass is 10.0. The van der Waals surface area contributed by atoms with E-state index in [0.717, 1.165) is 23.4 Å². The van der Waals surface area contributed by atoms with E-state index >= 15 is 0 Å². The molecule has 1 atom stereocenters. The van der Waals surface area contributed by atoms with Gasteiger partial charge in [0.25, 0.3) is 0 Å². The number of nitrogens with zero attached hydrogens (tertiary/aromatic N) is 3. The predicted octanol–water partition coefficient (Wildman–Crippen LogP) is 2.85. The number of pyridine rings is 1. The molecular weight excluding hydrogens is 248 g/mol. The van der Waals surface area contributed by atoms with Gasteiger partial charge in [-0.1, -0.05) is 12.1 Å². The maximum Gasteiger partial charge on any atom is 0.138 e. The Morgan fingerprint density at radius 3 is 2.95 bits per heavy atom. The van der Waals surface area contributed by atoms with Gasteiger partial charge in [-0.15, -0.1) is 0 Å². The molecule has 4 heteroatoms. The van der Waals surface area contributed by atoms with Crippen molar-refractivity contribution in [3.8, 4) is 5.82 Å². The maximum absolute atomic E-state index is 4.47. The Labute approximate surface area is 117 Å². The van der Waals surface area contributed by atoms with E-state index in [2.05, 4.69) is 33.5 Å². The van der Waals surface area contributed by atoms with Crippen LogP contribution in [0, 0.1) is 0 Å². The summed E-state index contributed by atoms with van der Waals surface area (Å²) in [5.74, 6) is 0.909. The van der Waals surface area contributed by atoms with Gasteiger partial charge >= 0.3 is 0 Å². The molecular formula is C16H16N4. The number of benzene rings is 1. The molecule has 100 valence electrons. The van der Waals surface area contributed by atoms with E-state index in [1.807, 2.05) is 35.3 Å². The Balaban J connectivity index is 1.84. The van der Waals surface area contributed by atoms with Gasteiger partial charge < -0.3 is 5.32 Å². The highest BCUT2D eigenvalue weighted by Gasteiger charge is 2.17. The van der Waals surface area contributed by atoms with E-state index in [0.29, 0.717) is 6.04 Å². The molecule has 1 aliphatic heterocycles. The molecule has 20 heavy (non-hydrogen) atoms. The quantitative estimate of drug-likeness (QED) is 0.774. The van der Waals surface area contributed by atoms with Crippen LogP contribution in [0.3, 0.4) is 0 Å². The van der Waals surface area contributed by atoms with E-state index in [9.17, 15) is 0 Å². The highest BCUT2D eigenvalue weighted by molar-refractivity contribution is 5.78. The number of rotatable bonds is 2. The minimum atomic E-state index is 0.478. The van der Waals surface area contributed by atoms with E-state index in [-0.39, 0.29) is 0 Å². The molecule has 1 unspecified atom stereocenters. The monoisotopic (exact) mass is 264 g/mol. The van der Waals surface area contributed by atoms with Crippen molar-refractivity contribution in [2.75, 3.05) is 6.54 Å². The summed E-state index contributed by atoms with van der Waals surface area (Å²) in [6.07, 6.45) is 6.12. The SMILES string of the molecule is c1ccc(-n2cnc3ccc(C4CCCN4)cc32)nc1. The molecule has 2 aromatic heterocycles. The number of nitrogens with one attached hydrogen (secondary N) is 1. The molecule has 3 aromatic rings. The summed E-state index contributed by atoms with van der Waals surface area (Å²) in [5.41, 5.74) is 3.47. The molecule has 0 amide bonds. The standard InChI is InChI=1S/C16H16N4/c1-2-8-18-16(5-1)20-11-19-14-7-6-12(10-15(14)20)13-4-3-9-17-13/h1-2,5-8,10-11,13,17H,3-4,9H2. The molecule has 1 N–H and O–H groups in total. The first-order valence-electron chi connectivity index (χ1n) is 7.03. The van der Waals surface area contributed by atoms with E-state index in [4.69, 9.17) is 0 Å². The minimum Gasteiger partial charge on any atom is -0.310 e. The first-order chi connectivity index (χ1) is 9.92. The zero-order valence-electron chi connectivity index (χ0n) is 11.2. The van der Waals surface area contributed by atoms with Crippen molar-refractivity contribution in [3.63, 3.8) is 0 Å². The molecule has 4 rings (SSSR count). The molecule has 0 spiro atoms. The van der Waals surface area contributed by atoms with Crippen LogP contribution in [0.5, 0.6) is 0 Å². The molecule has 1 fully saturated rings. The fourth-order valence-corrected chi connectivity index (χ4v) is 2.89. The van der Waals surface area contributed by atoms with Crippen LogP contribution < -0.4 is 5.32 Å². The molecule has 0 radical (unpaired) electrons. The van der Waals surface area contributed by atoms with Crippen molar-refractivity contribution in [1.82, 2.24) is 19.9 Å². The van der Waals surface area contributed by atoms with Crippen LogP contribution >= 0.6 is 0 Å². The summed E-state index contributed by atoms with van der Waals surface area (Å²) in [5, 5.41) is 3.54. The van der Waals surface area contributed by atoms with Gasteiger partial charge in [0, 0.05) is 12.2 Å². The summed E-state index contributed by atoms with van der Waals surface area (Å²) in [6, 6.07) is 12.9. The third-order valence-corrected chi connectivity index (χ3v) is 3.93. The van der Waals surface area contributed by atoms with Crippen molar-refractivity contribution in [2.45, 2.75) is 18.9 Å². The largest absolute Gasteiger partial charge is 0.310 e. The summed E-state index contributed by atoms with van der Waals surface area (Å²) >= 11 is 0. The van der Waals surface area contributed by atoms with Crippen molar-refractivity contribution in [3.05, 3.63) is 54.5 Å². The average Bonchev–Trinajstić information content (AvgIpc) is 3.17. The van der Waals surface area contributed by atoms with Crippen molar-refractivity contribution >= 4 is 11.0 Å². The van der Waals surface area contributed by atoms with Gasteiger partial charge in [-0.3, -0.25) is 4.57 Å². The molecule has 1 saturated heterocycles. The van der Waals surface area contributed by atoms with E-state index < -0.39 is 0 Å². The van der Waals surface area contributed by atoms with Gasteiger partial charge in [-0.2, -0.15) is 0 Å². The third-order valence-electron chi connectivity index (χ3n) is 3.93. The van der Waals surface area contributed by atoms with Gasteiger partial charge in [0.15, 0.2) is 0 Å². The lowest BCUT2D eigenvalue weighted by molar-refractivity contribution is 0.648. The number of fused-ring (bicyclic) bond motifs is 1. The molecule has 0 aliphatic carbocycles. The van der Waals surface area contributed by atoms with Gasteiger partial charge in [-0.05, 0) is 49.2 Å². The Hall–Kier alpha value is -2.20. The summed E-state index contributed by atoms with van der Waals surface area (Å²) < 4.78 is 2.05. The molecule has 0 bridgehead atoms. The number of hydrogen-bond acceptors (Lipinski definition) is 3. The lowest BCUT2D eigenvalue weighted by Gasteiger charge is -2.11. The van der Waals surface area contributed by atoms with Gasteiger partial charge in [0.05, 0.1) is 11.0 Å². The molecule has 1 aromatic carbocycles. The van der Waals surface area contributed by atoms with Crippen LogP contribution in [-0.4, -0.2) is 21.1 Å². The molecule has 1 aliphatic rings. The van der Waals surface area contributed by atoms with Gasteiger partial charge in [0.2, 0.25) is 0 Å². The number of aromatic nitrogens is 3. The number of hydrogen-bond donors (Lipinski definition) is 1. The second-order valence-corrected chi connectivity index (χ2v) is 5.20. The van der Waals surface area contributed by atoms with Crippen LogP contribution in [0.1, 0.15) is 24.4 Å². The van der Waals surface area contributed by atoms with Crippen LogP contribution in [0.2, 0.25) is 0 Å². The Morgan fingerprint density at radius 2 is 2.15 bits per heavy atom. The topological polar surface area (TPSA) is 42.7 Å². The van der Waals surface area contributed by atoms with Crippen molar-refractivity contribution in [1.29, 1.82) is 0 Å². The highest BCUT2D eigenvalue weighted by atomic mass is 15.1. The molecule has 4 nitrogen and oxygen atoms in total. The zero-order valence-corrected chi connectivity index (χ0v) is 11.2. The zero-order chi connectivity index (χ0) is 13.4. The Bertz CT molecular complexity index is 727. The van der Waals surface area contributed by atoms with Gasteiger partial charge in [-0.25, -0.2) is 9.97 Å². The third kappa shape index (κ3) is 1.89. The van der Waals surface area contributed by atoms with Crippen LogP contribution in [0.15, 0.2) is 48.9 Å². The minimum absolute atomic E-state index is 0.478. The summed E-state index contributed by atoms with van der Waals surface area (Å²) in [6.45, 7) is 1.11. The second-order valence-electron chi connectivity index (χ2n) is 5.20. The van der Waals surface area contributed by atoms with Gasteiger partial charge in [0.1, 0.15) is 12.1 Å². The smallest absolute Gasteiger partial charge is 0.138 e. The first-order valence-corrected chi connectivity index (χ1v) is 7.03. The van der Waals surface area contributed by atoms with Crippen LogP contribution in [-0.2, 0) is 0 Å². The average molecular weight is 264 g/mol. The molecule has 0 saturated carbocycles. The second kappa shape index (κ2) is 4.72. The van der Waals surface area contributed by atoms with Crippen molar-refractivity contribution < 1.29 is 0 Å². The normalized spacial score (nSPS) is 18.7. The maximum atomic E-state index is 4.47. The predicted molar refractivity (Wildman–Crippen MR) is 78.8 cm³/mol. The fraction of sp³-hybridized carbons (Fsp3) is 0.250. The van der Waals surface area contributed by atoms with E-state index in [1.165, 1.54) is 18.4 Å². The Morgan fingerprint density at radius 1 is 1.15 bits per heavy atom. The van der Waals surface area contributed by atoms with Crippen molar-refractivity contribution in [2.24, 2.45) is 0 Å². The summed E-state index contributed by atoms with van der Waals surface area (Å²) in [7, 11) is 0. The van der Waals surface area contributed by atoms with Crippen LogP contribution in [0.25, 0.3) is 16.9 Å². The first kappa shape index (κ1) is 11.6. The van der Waals surface area contributed by atoms with E-state index in [1.54, 1.807) is 0 Å². The summed E-state index contributed by atoms with van der Waals surface area (Å²) in [4.78, 5) is 8.87. The van der Waals surface area contributed by atoms with Crippen LogP contribution in [0.4, 0.5) is 0 Å². The number of imidazole rings is 1.